The molecule has 2 aromatic carbocycles. The molecule has 0 saturated carbocycles. The molecule has 0 aliphatic rings. The zero-order valence-electron chi connectivity index (χ0n) is 14.9. The first-order chi connectivity index (χ1) is 13.2. The van der Waals surface area contributed by atoms with Crippen LogP contribution < -0.4 is 10.1 Å². The molecule has 0 amide bonds. The highest BCUT2D eigenvalue weighted by Gasteiger charge is 2.05. The Labute approximate surface area is 156 Å². The number of fused-ring (bicyclic) bond motifs is 1. The summed E-state index contributed by atoms with van der Waals surface area (Å²) in [6, 6.07) is 11.9. The maximum absolute atomic E-state index is 13.5. The van der Waals surface area contributed by atoms with Crippen LogP contribution in [0.15, 0.2) is 48.8 Å². The van der Waals surface area contributed by atoms with Crippen molar-refractivity contribution in [2.24, 2.45) is 0 Å². The van der Waals surface area contributed by atoms with Gasteiger partial charge in [0, 0.05) is 11.9 Å². The summed E-state index contributed by atoms with van der Waals surface area (Å²) in [4.78, 5) is 19.6. The maximum atomic E-state index is 13.5. The van der Waals surface area contributed by atoms with E-state index in [0.29, 0.717) is 35.6 Å². The molecule has 0 bridgehead atoms. The Hall–Kier alpha value is -3.22. The Morgan fingerprint density at radius 2 is 1.96 bits per heavy atom. The number of benzene rings is 2. The van der Waals surface area contributed by atoms with Crippen molar-refractivity contribution in [1.29, 1.82) is 0 Å². The smallest absolute Gasteiger partial charge is 0.344 e. The molecular formula is C20H20FN3O3. The summed E-state index contributed by atoms with van der Waals surface area (Å²) in [5, 5.41) is 3.87. The van der Waals surface area contributed by atoms with Crippen LogP contribution >= 0.6 is 0 Å². The Bertz CT molecular complexity index is 916. The summed E-state index contributed by atoms with van der Waals surface area (Å²) in [5.41, 5.74) is 1.78. The fourth-order valence-corrected chi connectivity index (χ4v) is 2.59. The fraction of sp³-hybridized carbons (Fsp3) is 0.250. The molecule has 1 aromatic heterocycles. The second-order valence-corrected chi connectivity index (χ2v) is 5.80. The van der Waals surface area contributed by atoms with Gasteiger partial charge in [-0.25, -0.2) is 19.2 Å². The summed E-state index contributed by atoms with van der Waals surface area (Å²) >= 11 is 0. The van der Waals surface area contributed by atoms with Crippen LogP contribution in [0.1, 0.15) is 12.5 Å². The fourth-order valence-electron chi connectivity index (χ4n) is 2.59. The van der Waals surface area contributed by atoms with Gasteiger partial charge >= 0.3 is 5.97 Å². The molecule has 0 atom stereocenters. The molecule has 1 N–H and O–H groups in total. The van der Waals surface area contributed by atoms with Gasteiger partial charge in [-0.1, -0.05) is 12.1 Å². The van der Waals surface area contributed by atoms with Crippen molar-refractivity contribution in [3.05, 3.63) is 60.2 Å². The van der Waals surface area contributed by atoms with Crippen LogP contribution in [0.4, 0.5) is 10.2 Å². The summed E-state index contributed by atoms with van der Waals surface area (Å²) in [5.74, 6) is 0.504. The van der Waals surface area contributed by atoms with Gasteiger partial charge in [-0.3, -0.25) is 0 Å². The van der Waals surface area contributed by atoms with Crippen molar-refractivity contribution < 1.29 is 18.7 Å². The molecule has 0 radical (unpaired) electrons. The Balaban J connectivity index is 1.54. The van der Waals surface area contributed by atoms with E-state index in [1.54, 1.807) is 13.0 Å². The van der Waals surface area contributed by atoms with Gasteiger partial charge in [0.1, 0.15) is 23.7 Å². The van der Waals surface area contributed by atoms with E-state index in [9.17, 15) is 9.18 Å². The highest BCUT2D eigenvalue weighted by Crippen LogP contribution is 2.20. The number of carbonyl (C=O) groups is 1. The summed E-state index contributed by atoms with van der Waals surface area (Å²) in [6.45, 7) is 2.61. The average Bonchev–Trinajstić information content (AvgIpc) is 2.68. The third-order valence-corrected chi connectivity index (χ3v) is 3.89. The van der Waals surface area contributed by atoms with Gasteiger partial charge in [0.25, 0.3) is 0 Å². The molecule has 27 heavy (non-hydrogen) atoms. The van der Waals surface area contributed by atoms with Crippen molar-refractivity contribution in [2.45, 2.75) is 13.3 Å². The van der Waals surface area contributed by atoms with Crippen molar-refractivity contribution in [1.82, 2.24) is 9.97 Å². The number of rotatable bonds is 8. The minimum absolute atomic E-state index is 0.105. The normalized spacial score (nSPS) is 10.6. The molecule has 0 aliphatic carbocycles. The molecule has 0 aliphatic heterocycles. The minimum atomic E-state index is -0.390. The number of nitrogens with zero attached hydrogens (tertiary/aromatic N) is 2. The number of hydrogen-bond acceptors (Lipinski definition) is 6. The maximum Gasteiger partial charge on any atom is 0.344 e. The number of anilines is 1. The molecule has 6 nitrogen and oxygen atoms in total. The zero-order chi connectivity index (χ0) is 19.1. The lowest BCUT2D eigenvalue weighted by molar-refractivity contribution is -0.145. The first-order valence-electron chi connectivity index (χ1n) is 8.67. The van der Waals surface area contributed by atoms with Crippen LogP contribution in [0.2, 0.25) is 0 Å². The summed E-state index contributed by atoms with van der Waals surface area (Å²) in [7, 11) is 0. The molecular weight excluding hydrogens is 349 g/mol. The van der Waals surface area contributed by atoms with Gasteiger partial charge in [-0.15, -0.1) is 0 Å². The van der Waals surface area contributed by atoms with Crippen molar-refractivity contribution in [2.75, 3.05) is 25.1 Å². The van der Waals surface area contributed by atoms with Crippen LogP contribution in [-0.2, 0) is 16.0 Å². The van der Waals surface area contributed by atoms with E-state index >= 15 is 0 Å². The van der Waals surface area contributed by atoms with Gasteiger partial charge in [-0.05, 0) is 49.2 Å². The standard InChI is InChI=1S/C20H20FN3O3/c1-2-26-19(25)12-27-16-6-3-14(4-7-16)9-10-22-20-17-11-15(21)5-8-18(17)23-13-24-20/h3-8,11,13H,2,9-10,12H2,1H3,(H,22,23,24). The molecule has 0 spiro atoms. The molecule has 0 fully saturated rings. The number of halogens is 1. The number of ether oxygens (including phenoxy) is 2. The number of aromatic nitrogens is 2. The third-order valence-electron chi connectivity index (χ3n) is 3.89. The second kappa shape index (κ2) is 8.93. The Morgan fingerprint density at radius 3 is 2.74 bits per heavy atom. The van der Waals surface area contributed by atoms with Gasteiger partial charge in [-0.2, -0.15) is 0 Å². The van der Waals surface area contributed by atoms with E-state index < -0.39 is 0 Å². The summed E-state index contributed by atoms with van der Waals surface area (Å²) in [6.07, 6.45) is 2.21. The van der Waals surface area contributed by atoms with E-state index in [1.807, 2.05) is 24.3 Å². The van der Waals surface area contributed by atoms with E-state index in [0.717, 1.165) is 12.0 Å². The van der Waals surface area contributed by atoms with Crippen LogP contribution in [0.3, 0.4) is 0 Å². The topological polar surface area (TPSA) is 73.3 Å². The van der Waals surface area contributed by atoms with Crippen molar-refractivity contribution in [3.63, 3.8) is 0 Å². The van der Waals surface area contributed by atoms with E-state index in [-0.39, 0.29) is 18.4 Å². The molecule has 3 aromatic rings. The highest BCUT2D eigenvalue weighted by molar-refractivity contribution is 5.88. The first kappa shape index (κ1) is 18.6. The number of nitrogens with one attached hydrogen (secondary N) is 1. The predicted octanol–water partition coefficient (Wildman–Crippen LogP) is 3.37. The molecule has 0 saturated heterocycles. The van der Waals surface area contributed by atoms with Crippen LogP contribution in [0, 0.1) is 5.82 Å². The van der Waals surface area contributed by atoms with Crippen LogP contribution in [0.5, 0.6) is 5.75 Å². The predicted molar refractivity (Wildman–Crippen MR) is 100 cm³/mol. The third kappa shape index (κ3) is 5.13. The monoisotopic (exact) mass is 369 g/mol. The quantitative estimate of drug-likeness (QED) is 0.614. The number of esters is 1. The van der Waals surface area contributed by atoms with Gasteiger partial charge < -0.3 is 14.8 Å². The van der Waals surface area contributed by atoms with Crippen molar-refractivity contribution in [3.8, 4) is 5.75 Å². The molecule has 3 rings (SSSR count). The van der Waals surface area contributed by atoms with Gasteiger partial charge in [0.05, 0.1) is 12.1 Å². The molecule has 140 valence electrons. The van der Waals surface area contributed by atoms with Gasteiger partial charge in [0.2, 0.25) is 0 Å². The van der Waals surface area contributed by atoms with E-state index in [1.165, 1.54) is 18.5 Å². The highest BCUT2D eigenvalue weighted by atomic mass is 19.1. The lowest BCUT2D eigenvalue weighted by Gasteiger charge is -2.09. The van der Waals surface area contributed by atoms with Gasteiger partial charge in [0.15, 0.2) is 6.61 Å². The molecule has 1 heterocycles. The second-order valence-electron chi connectivity index (χ2n) is 5.80. The van der Waals surface area contributed by atoms with E-state index in [4.69, 9.17) is 9.47 Å². The van der Waals surface area contributed by atoms with E-state index in [2.05, 4.69) is 15.3 Å². The molecule has 0 unspecified atom stereocenters. The lowest BCUT2D eigenvalue weighted by Crippen LogP contribution is -2.14. The zero-order valence-corrected chi connectivity index (χ0v) is 14.9. The number of hydrogen-bond donors (Lipinski definition) is 1. The van der Waals surface area contributed by atoms with Crippen molar-refractivity contribution >= 4 is 22.7 Å². The van der Waals surface area contributed by atoms with Crippen LogP contribution in [-0.4, -0.2) is 35.7 Å². The number of carbonyl (C=O) groups excluding carboxylic acids is 1. The largest absolute Gasteiger partial charge is 0.482 e. The lowest BCUT2D eigenvalue weighted by atomic mass is 10.1. The summed E-state index contributed by atoms with van der Waals surface area (Å²) < 4.78 is 23.7. The first-order valence-corrected chi connectivity index (χ1v) is 8.67. The Morgan fingerprint density at radius 1 is 1.15 bits per heavy atom. The molecule has 7 heteroatoms. The SMILES string of the molecule is CCOC(=O)COc1ccc(CCNc2ncnc3ccc(F)cc23)cc1. The Kier molecular flexibility index (Phi) is 6.14. The minimum Gasteiger partial charge on any atom is -0.482 e. The van der Waals surface area contributed by atoms with Crippen LogP contribution in [0.25, 0.3) is 10.9 Å². The average molecular weight is 369 g/mol.